The van der Waals surface area contributed by atoms with E-state index in [2.05, 4.69) is 10.6 Å². The van der Waals surface area contributed by atoms with Gasteiger partial charge < -0.3 is 30.1 Å². The first-order valence-electron chi connectivity index (χ1n) is 12.2. The van der Waals surface area contributed by atoms with Crippen molar-refractivity contribution in [3.8, 4) is 5.75 Å². The van der Waals surface area contributed by atoms with Gasteiger partial charge in [0.25, 0.3) is 5.91 Å². The van der Waals surface area contributed by atoms with Crippen LogP contribution >= 0.6 is 0 Å². The molecule has 2 rings (SSSR count). The number of carbonyl (C=O) groups excluding carboxylic acids is 3. The van der Waals surface area contributed by atoms with Crippen molar-refractivity contribution in [2.24, 2.45) is 0 Å². The predicted molar refractivity (Wildman–Crippen MR) is 143 cm³/mol. The molecule has 2 unspecified atom stereocenters. The second-order valence-electron chi connectivity index (χ2n) is 10.3. The van der Waals surface area contributed by atoms with Crippen LogP contribution in [0.4, 0.5) is 10.5 Å². The van der Waals surface area contributed by atoms with Gasteiger partial charge in [0, 0.05) is 11.7 Å². The highest BCUT2D eigenvalue weighted by Crippen LogP contribution is 2.28. The van der Waals surface area contributed by atoms with Gasteiger partial charge in [0.05, 0.1) is 13.7 Å². The summed E-state index contributed by atoms with van der Waals surface area (Å²) < 4.78 is 10.4. The van der Waals surface area contributed by atoms with E-state index in [-0.39, 0.29) is 0 Å². The number of anilines is 1. The van der Waals surface area contributed by atoms with Crippen LogP contribution in [0, 0.1) is 13.8 Å². The highest BCUT2D eigenvalue weighted by Gasteiger charge is 2.38. The zero-order valence-electron chi connectivity index (χ0n) is 22.9. The van der Waals surface area contributed by atoms with Crippen molar-refractivity contribution in [3.05, 3.63) is 59.2 Å². The Bertz CT molecular complexity index is 1070. The number of hydrogen-bond acceptors (Lipinski definition) is 6. The van der Waals surface area contributed by atoms with Crippen LogP contribution in [-0.4, -0.2) is 59.3 Å². The minimum Gasteiger partial charge on any atom is -0.497 e. The normalized spacial score (nSPS) is 12.9. The van der Waals surface area contributed by atoms with Gasteiger partial charge in [-0.05, 0) is 78.3 Å². The molecule has 0 spiro atoms. The van der Waals surface area contributed by atoms with Crippen LogP contribution in [0.1, 0.15) is 57.4 Å². The fraction of sp³-hybridized carbons (Fsp3) is 0.464. The third-order valence-corrected chi connectivity index (χ3v) is 5.43. The number of rotatable bonds is 9. The van der Waals surface area contributed by atoms with E-state index >= 15 is 0 Å². The molecule has 0 saturated carbocycles. The van der Waals surface area contributed by atoms with Crippen LogP contribution in [-0.2, 0) is 14.3 Å². The Hall–Kier alpha value is -3.59. The molecule has 9 heteroatoms. The van der Waals surface area contributed by atoms with Crippen molar-refractivity contribution in [2.45, 2.75) is 72.2 Å². The van der Waals surface area contributed by atoms with Crippen molar-refractivity contribution in [1.29, 1.82) is 0 Å². The summed E-state index contributed by atoms with van der Waals surface area (Å²) in [6.07, 6.45) is -0.839. The number of aliphatic hydroxyl groups excluding tert-OH is 1. The maximum atomic E-state index is 13.8. The van der Waals surface area contributed by atoms with E-state index in [1.54, 1.807) is 66.0 Å². The molecule has 0 fully saturated rings. The van der Waals surface area contributed by atoms with Crippen LogP contribution in [0.3, 0.4) is 0 Å². The molecule has 0 radical (unpaired) electrons. The molecule has 2 aromatic carbocycles. The number of benzene rings is 2. The average molecular weight is 514 g/mol. The molecule has 37 heavy (non-hydrogen) atoms. The number of methoxy groups -OCH3 is 1. The first-order chi connectivity index (χ1) is 17.2. The lowest BCUT2D eigenvalue weighted by atomic mass is 9.97. The van der Waals surface area contributed by atoms with Crippen molar-refractivity contribution in [1.82, 2.24) is 10.2 Å². The Labute approximate surface area is 219 Å². The van der Waals surface area contributed by atoms with E-state index < -0.39 is 48.2 Å². The van der Waals surface area contributed by atoms with Crippen LogP contribution < -0.4 is 15.4 Å². The van der Waals surface area contributed by atoms with Gasteiger partial charge in [0.15, 0.2) is 0 Å². The van der Waals surface area contributed by atoms with Crippen molar-refractivity contribution >= 4 is 23.6 Å². The highest BCUT2D eigenvalue weighted by molar-refractivity contribution is 5.99. The summed E-state index contributed by atoms with van der Waals surface area (Å²) in [5, 5.41) is 15.3. The zero-order chi connectivity index (χ0) is 27.9. The van der Waals surface area contributed by atoms with Gasteiger partial charge in [-0.2, -0.15) is 0 Å². The smallest absolute Gasteiger partial charge is 0.408 e. The second-order valence-corrected chi connectivity index (χ2v) is 10.3. The molecule has 0 aliphatic heterocycles. The summed E-state index contributed by atoms with van der Waals surface area (Å²) >= 11 is 0. The van der Waals surface area contributed by atoms with Gasteiger partial charge in [-0.3, -0.25) is 9.59 Å². The molecule has 2 atom stereocenters. The number of alkyl carbamates (subject to hydrolysis) is 1. The van der Waals surface area contributed by atoms with Crippen LogP contribution in [0.25, 0.3) is 0 Å². The SMILES string of the molecule is COc1ccc(NC(=O)C(c2cc(C)cc(C)c2)N(C(=O)C(CO)NC(=O)OC(C)(C)C)C(C)C)cc1. The molecule has 0 aromatic heterocycles. The lowest BCUT2D eigenvalue weighted by Gasteiger charge is -2.37. The molecule has 3 N–H and O–H groups in total. The number of nitrogens with one attached hydrogen (secondary N) is 2. The number of ether oxygens (including phenoxy) is 2. The number of aliphatic hydroxyl groups is 1. The molecule has 3 amide bonds. The fourth-order valence-electron chi connectivity index (χ4n) is 3.99. The molecule has 0 saturated heterocycles. The summed E-state index contributed by atoms with van der Waals surface area (Å²) in [5.74, 6) is -0.412. The fourth-order valence-corrected chi connectivity index (χ4v) is 3.99. The Kier molecular flexibility index (Phi) is 10.1. The molecular weight excluding hydrogens is 474 g/mol. The van der Waals surface area contributed by atoms with E-state index in [0.29, 0.717) is 17.0 Å². The number of aryl methyl sites for hydroxylation is 2. The minimum absolute atomic E-state index is 0.439. The highest BCUT2D eigenvalue weighted by atomic mass is 16.6. The Morgan fingerprint density at radius 3 is 2.03 bits per heavy atom. The van der Waals surface area contributed by atoms with E-state index in [0.717, 1.165) is 11.1 Å². The topological polar surface area (TPSA) is 117 Å². The lowest BCUT2D eigenvalue weighted by Crippen LogP contribution is -2.55. The maximum absolute atomic E-state index is 13.8. The summed E-state index contributed by atoms with van der Waals surface area (Å²) in [6.45, 7) is 11.8. The summed E-state index contributed by atoms with van der Waals surface area (Å²) in [5.41, 5.74) is 2.21. The molecule has 0 bridgehead atoms. The standard InChI is InChI=1S/C28H39N3O6/c1-17(2)31(26(34)23(16-32)30-27(35)37-28(5,6)7)24(20-14-18(3)13-19(4)15-20)25(33)29-21-9-11-22(36-8)12-10-21/h9-15,17,23-24,32H,16H2,1-8H3,(H,29,33)(H,30,35). The first kappa shape index (κ1) is 29.6. The minimum atomic E-state index is -1.31. The van der Waals surface area contributed by atoms with Gasteiger partial charge in [0.2, 0.25) is 5.91 Å². The molecule has 9 nitrogen and oxygen atoms in total. The molecule has 0 aliphatic rings. The van der Waals surface area contributed by atoms with E-state index in [9.17, 15) is 19.5 Å². The number of amides is 3. The Balaban J connectivity index is 2.49. The van der Waals surface area contributed by atoms with E-state index in [1.165, 1.54) is 4.90 Å². The quantitative estimate of drug-likeness (QED) is 0.465. The third-order valence-electron chi connectivity index (χ3n) is 5.43. The van der Waals surface area contributed by atoms with E-state index in [4.69, 9.17) is 9.47 Å². The van der Waals surface area contributed by atoms with Gasteiger partial charge in [0.1, 0.15) is 23.4 Å². The molecule has 202 valence electrons. The molecule has 2 aromatic rings. The monoisotopic (exact) mass is 513 g/mol. The Morgan fingerprint density at radius 1 is 1.00 bits per heavy atom. The maximum Gasteiger partial charge on any atom is 0.408 e. The van der Waals surface area contributed by atoms with E-state index in [1.807, 2.05) is 32.0 Å². The largest absolute Gasteiger partial charge is 0.497 e. The first-order valence-corrected chi connectivity index (χ1v) is 12.2. The summed E-state index contributed by atoms with van der Waals surface area (Å²) in [7, 11) is 1.55. The number of hydrogen-bond donors (Lipinski definition) is 3. The molecular formula is C28H39N3O6. The molecule has 0 aliphatic carbocycles. The number of carbonyl (C=O) groups is 3. The summed E-state index contributed by atoms with van der Waals surface area (Å²) in [6, 6.07) is 9.74. The van der Waals surface area contributed by atoms with Gasteiger partial charge >= 0.3 is 6.09 Å². The van der Waals surface area contributed by atoms with Crippen molar-refractivity contribution in [3.63, 3.8) is 0 Å². The Morgan fingerprint density at radius 2 is 1.57 bits per heavy atom. The van der Waals surface area contributed by atoms with Crippen molar-refractivity contribution in [2.75, 3.05) is 19.0 Å². The predicted octanol–water partition coefficient (Wildman–Crippen LogP) is 4.11. The van der Waals surface area contributed by atoms with Gasteiger partial charge in [-0.1, -0.05) is 29.3 Å². The van der Waals surface area contributed by atoms with Gasteiger partial charge in [-0.15, -0.1) is 0 Å². The molecule has 0 heterocycles. The average Bonchev–Trinajstić information content (AvgIpc) is 2.78. The lowest BCUT2D eigenvalue weighted by molar-refractivity contribution is -0.143. The summed E-state index contributed by atoms with van der Waals surface area (Å²) in [4.78, 5) is 41.2. The van der Waals surface area contributed by atoms with Gasteiger partial charge in [-0.25, -0.2) is 4.79 Å². The van der Waals surface area contributed by atoms with Crippen LogP contribution in [0.15, 0.2) is 42.5 Å². The van der Waals surface area contributed by atoms with Crippen molar-refractivity contribution < 1.29 is 29.0 Å². The number of nitrogens with zero attached hydrogens (tertiary/aromatic N) is 1. The third kappa shape index (κ3) is 8.49. The van der Waals surface area contributed by atoms with Crippen LogP contribution in [0.2, 0.25) is 0 Å². The van der Waals surface area contributed by atoms with Crippen LogP contribution in [0.5, 0.6) is 5.75 Å². The zero-order valence-corrected chi connectivity index (χ0v) is 22.9. The second kappa shape index (κ2) is 12.6.